The molecule has 1 aromatic rings. The van der Waals surface area contributed by atoms with Crippen molar-refractivity contribution in [1.29, 1.82) is 0 Å². The standard InChI is InChI=1S/C11H16N2O2/c1-3-7(2)15-8-4-5-10(12)9(6-8)11(13)14/h4-7H,3,12H2,1-2H3,(H2,13,14). The van der Waals surface area contributed by atoms with Gasteiger partial charge in [-0.15, -0.1) is 0 Å². The van der Waals surface area contributed by atoms with Crippen LogP contribution in [-0.4, -0.2) is 12.0 Å². The van der Waals surface area contributed by atoms with Gasteiger partial charge in [-0.05, 0) is 31.5 Å². The zero-order valence-corrected chi connectivity index (χ0v) is 8.99. The summed E-state index contributed by atoms with van der Waals surface area (Å²) in [6, 6.07) is 4.93. The smallest absolute Gasteiger partial charge is 0.250 e. The molecule has 0 saturated carbocycles. The summed E-state index contributed by atoms with van der Waals surface area (Å²) in [5, 5.41) is 0. The van der Waals surface area contributed by atoms with E-state index in [-0.39, 0.29) is 6.10 Å². The van der Waals surface area contributed by atoms with E-state index in [1.807, 2.05) is 13.8 Å². The Hall–Kier alpha value is -1.71. The lowest BCUT2D eigenvalue weighted by Gasteiger charge is -2.13. The third kappa shape index (κ3) is 2.87. The molecule has 0 bridgehead atoms. The molecule has 1 atom stereocenters. The Morgan fingerprint density at radius 2 is 2.20 bits per heavy atom. The molecule has 82 valence electrons. The molecule has 0 fully saturated rings. The van der Waals surface area contributed by atoms with Crippen molar-refractivity contribution in [2.75, 3.05) is 5.73 Å². The zero-order valence-electron chi connectivity index (χ0n) is 8.99. The van der Waals surface area contributed by atoms with Gasteiger partial charge in [0.25, 0.3) is 5.91 Å². The Morgan fingerprint density at radius 3 is 2.73 bits per heavy atom. The molecule has 4 N–H and O–H groups in total. The average molecular weight is 208 g/mol. The quantitative estimate of drug-likeness (QED) is 0.737. The molecular weight excluding hydrogens is 192 g/mol. The van der Waals surface area contributed by atoms with E-state index in [0.29, 0.717) is 17.0 Å². The summed E-state index contributed by atoms with van der Waals surface area (Å²) in [6.45, 7) is 3.98. The first-order valence-electron chi connectivity index (χ1n) is 4.90. The van der Waals surface area contributed by atoms with Crippen LogP contribution in [0.4, 0.5) is 5.69 Å². The normalized spacial score (nSPS) is 12.1. The highest BCUT2D eigenvalue weighted by molar-refractivity contribution is 5.98. The van der Waals surface area contributed by atoms with Crippen LogP contribution in [0.25, 0.3) is 0 Å². The van der Waals surface area contributed by atoms with Gasteiger partial charge in [0.05, 0.1) is 11.7 Å². The number of nitrogens with two attached hydrogens (primary N) is 2. The third-order valence-electron chi connectivity index (χ3n) is 2.20. The predicted octanol–water partition coefficient (Wildman–Crippen LogP) is 1.55. The second-order valence-corrected chi connectivity index (χ2v) is 3.45. The second-order valence-electron chi connectivity index (χ2n) is 3.45. The largest absolute Gasteiger partial charge is 0.491 e. The summed E-state index contributed by atoms with van der Waals surface area (Å²) in [4.78, 5) is 11.0. The fourth-order valence-corrected chi connectivity index (χ4v) is 1.14. The number of amides is 1. The summed E-state index contributed by atoms with van der Waals surface area (Å²) in [7, 11) is 0. The Labute approximate surface area is 89.2 Å². The maximum atomic E-state index is 11.0. The second kappa shape index (κ2) is 4.68. The number of benzene rings is 1. The van der Waals surface area contributed by atoms with Crippen LogP contribution in [0.15, 0.2) is 18.2 Å². The zero-order chi connectivity index (χ0) is 11.4. The number of carbonyl (C=O) groups excluding carboxylic acids is 1. The molecule has 1 amide bonds. The van der Waals surface area contributed by atoms with E-state index in [1.165, 1.54) is 0 Å². The van der Waals surface area contributed by atoms with Crippen molar-refractivity contribution in [2.45, 2.75) is 26.4 Å². The van der Waals surface area contributed by atoms with Gasteiger partial charge in [-0.2, -0.15) is 0 Å². The minimum absolute atomic E-state index is 0.106. The van der Waals surface area contributed by atoms with E-state index in [9.17, 15) is 4.79 Å². The van der Waals surface area contributed by atoms with Crippen LogP contribution in [0.5, 0.6) is 5.75 Å². The van der Waals surface area contributed by atoms with Crippen LogP contribution in [0, 0.1) is 0 Å². The van der Waals surface area contributed by atoms with E-state index >= 15 is 0 Å². The monoisotopic (exact) mass is 208 g/mol. The van der Waals surface area contributed by atoms with E-state index < -0.39 is 5.91 Å². The van der Waals surface area contributed by atoms with Gasteiger partial charge in [-0.1, -0.05) is 6.92 Å². The molecular formula is C11H16N2O2. The average Bonchev–Trinajstić information content (AvgIpc) is 2.20. The maximum Gasteiger partial charge on any atom is 0.250 e. The Kier molecular flexibility index (Phi) is 3.55. The van der Waals surface area contributed by atoms with Crippen LogP contribution < -0.4 is 16.2 Å². The van der Waals surface area contributed by atoms with Crippen molar-refractivity contribution in [2.24, 2.45) is 5.73 Å². The van der Waals surface area contributed by atoms with Gasteiger partial charge < -0.3 is 16.2 Å². The minimum atomic E-state index is -0.540. The molecule has 0 aliphatic heterocycles. The molecule has 4 heteroatoms. The molecule has 0 heterocycles. The highest BCUT2D eigenvalue weighted by Gasteiger charge is 2.08. The number of hydrogen-bond donors (Lipinski definition) is 2. The van der Waals surface area contributed by atoms with Crippen LogP contribution >= 0.6 is 0 Å². The van der Waals surface area contributed by atoms with Crippen LogP contribution in [0.1, 0.15) is 30.6 Å². The van der Waals surface area contributed by atoms with Crippen LogP contribution in [0.2, 0.25) is 0 Å². The third-order valence-corrected chi connectivity index (χ3v) is 2.20. The van der Waals surface area contributed by atoms with E-state index in [4.69, 9.17) is 16.2 Å². The first-order chi connectivity index (χ1) is 7.04. The lowest BCUT2D eigenvalue weighted by atomic mass is 10.1. The molecule has 1 aromatic carbocycles. The predicted molar refractivity (Wildman–Crippen MR) is 59.8 cm³/mol. The molecule has 4 nitrogen and oxygen atoms in total. The van der Waals surface area contributed by atoms with Crippen LogP contribution in [0.3, 0.4) is 0 Å². The lowest BCUT2D eigenvalue weighted by molar-refractivity contribution is 0.100. The van der Waals surface area contributed by atoms with Gasteiger partial charge in [0.1, 0.15) is 5.75 Å². The van der Waals surface area contributed by atoms with Crippen LogP contribution in [-0.2, 0) is 0 Å². The number of ether oxygens (including phenoxy) is 1. The molecule has 15 heavy (non-hydrogen) atoms. The highest BCUT2D eigenvalue weighted by atomic mass is 16.5. The van der Waals surface area contributed by atoms with Crippen molar-refractivity contribution in [1.82, 2.24) is 0 Å². The highest BCUT2D eigenvalue weighted by Crippen LogP contribution is 2.20. The van der Waals surface area contributed by atoms with Gasteiger partial charge in [0.15, 0.2) is 0 Å². The number of hydrogen-bond acceptors (Lipinski definition) is 3. The van der Waals surface area contributed by atoms with Crippen molar-refractivity contribution >= 4 is 11.6 Å². The van der Waals surface area contributed by atoms with Gasteiger partial charge >= 0.3 is 0 Å². The number of nitrogen functional groups attached to an aromatic ring is 1. The van der Waals surface area contributed by atoms with Gasteiger partial charge in [0.2, 0.25) is 0 Å². The lowest BCUT2D eigenvalue weighted by Crippen LogP contribution is -2.15. The topological polar surface area (TPSA) is 78.3 Å². The fraction of sp³-hybridized carbons (Fsp3) is 0.364. The number of rotatable bonds is 4. The molecule has 0 saturated heterocycles. The molecule has 0 radical (unpaired) electrons. The van der Waals surface area contributed by atoms with Crippen molar-refractivity contribution in [3.63, 3.8) is 0 Å². The Morgan fingerprint density at radius 1 is 1.53 bits per heavy atom. The van der Waals surface area contributed by atoms with E-state index in [1.54, 1.807) is 18.2 Å². The van der Waals surface area contributed by atoms with E-state index in [0.717, 1.165) is 6.42 Å². The fourth-order valence-electron chi connectivity index (χ4n) is 1.14. The van der Waals surface area contributed by atoms with Gasteiger partial charge in [-0.3, -0.25) is 4.79 Å². The summed E-state index contributed by atoms with van der Waals surface area (Å²) < 4.78 is 5.55. The van der Waals surface area contributed by atoms with Crippen molar-refractivity contribution in [3.8, 4) is 5.75 Å². The molecule has 0 aliphatic carbocycles. The number of primary amides is 1. The first kappa shape index (κ1) is 11.4. The number of anilines is 1. The first-order valence-corrected chi connectivity index (χ1v) is 4.90. The summed E-state index contributed by atoms with van der Waals surface area (Å²) in [6.07, 6.45) is 1.00. The maximum absolute atomic E-state index is 11.0. The molecule has 1 unspecified atom stereocenters. The Bertz CT molecular complexity index is 364. The van der Waals surface area contributed by atoms with Gasteiger partial charge in [-0.25, -0.2) is 0 Å². The summed E-state index contributed by atoms with van der Waals surface area (Å²) >= 11 is 0. The molecule has 0 spiro atoms. The number of carbonyl (C=O) groups is 1. The van der Waals surface area contributed by atoms with Crippen molar-refractivity contribution in [3.05, 3.63) is 23.8 Å². The van der Waals surface area contributed by atoms with Gasteiger partial charge in [0, 0.05) is 5.69 Å². The molecule has 0 aromatic heterocycles. The molecule has 1 rings (SSSR count). The summed E-state index contributed by atoms with van der Waals surface area (Å²) in [5.74, 6) is 0.0782. The van der Waals surface area contributed by atoms with E-state index in [2.05, 4.69) is 0 Å². The summed E-state index contributed by atoms with van der Waals surface area (Å²) in [5.41, 5.74) is 11.4. The molecule has 0 aliphatic rings. The Balaban J connectivity index is 2.92. The van der Waals surface area contributed by atoms with Crippen molar-refractivity contribution < 1.29 is 9.53 Å². The minimum Gasteiger partial charge on any atom is -0.491 e. The SMILES string of the molecule is CCC(C)Oc1ccc(N)c(C(N)=O)c1.